The molecule has 1 aromatic carbocycles. The van der Waals surface area contributed by atoms with Crippen LogP contribution in [0.1, 0.15) is 33.6 Å². The minimum absolute atomic E-state index is 0.103. The highest BCUT2D eigenvalue weighted by Gasteiger charge is 2.10. The van der Waals surface area contributed by atoms with Crippen LogP contribution in [0.5, 0.6) is 5.75 Å². The zero-order chi connectivity index (χ0) is 13.0. The number of aryl methyl sites for hydroxylation is 1. The Bertz CT molecular complexity index is 548. The van der Waals surface area contributed by atoms with Gasteiger partial charge < -0.3 is 4.74 Å². The normalized spacial score (nSPS) is 10.3. The Kier molecular flexibility index (Phi) is 4.10. The van der Waals surface area contributed by atoms with Crippen LogP contribution in [-0.4, -0.2) is 10.8 Å². The largest absolute Gasteiger partial charge is 0.487 e. The molecule has 2 aromatic rings. The molecule has 0 bridgehead atoms. The van der Waals surface area contributed by atoms with E-state index in [0.29, 0.717) is 24.3 Å². The fourth-order valence-electron chi connectivity index (χ4n) is 1.63. The van der Waals surface area contributed by atoms with Gasteiger partial charge in [-0.25, -0.2) is 4.98 Å². The molecule has 0 saturated carbocycles. The molecule has 94 valence electrons. The number of carbonyl (C=O) groups excluding carboxylic acids is 1. The number of Topliss-reactive ketones (excluding diaryl/α,β-unsaturated/α-hetero) is 1. The first kappa shape index (κ1) is 12.8. The Balaban J connectivity index is 2.11. The van der Waals surface area contributed by atoms with Crippen molar-refractivity contribution in [2.75, 3.05) is 0 Å². The van der Waals surface area contributed by atoms with Gasteiger partial charge in [-0.3, -0.25) is 4.79 Å². The summed E-state index contributed by atoms with van der Waals surface area (Å²) in [5.74, 6) is 0.751. The van der Waals surface area contributed by atoms with Crippen LogP contribution in [0.2, 0.25) is 0 Å². The van der Waals surface area contributed by atoms with Gasteiger partial charge in [0.15, 0.2) is 5.78 Å². The second-order valence-electron chi connectivity index (χ2n) is 3.91. The molecule has 0 amide bonds. The molecule has 0 spiro atoms. The summed E-state index contributed by atoms with van der Waals surface area (Å²) in [4.78, 5) is 17.0. The molecule has 0 N–H and O–H groups in total. The van der Waals surface area contributed by atoms with E-state index in [9.17, 15) is 4.79 Å². The Morgan fingerprint density at radius 2 is 2.17 bits per heavy atom. The van der Waals surface area contributed by atoms with E-state index < -0.39 is 0 Å². The molecule has 0 radical (unpaired) electrons. The summed E-state index contributed by atoms with van der Waals surface area (Å²) in [5.41, 5.74) is 0.654. The molecule has 0 aliphatic heterocycles. The van der Waals surface area contributed by atoms with Crippen LogP contribution in [0.15, 0.2) is 30.5 Å². The quantitative estimate of drug-likeness (QED) is 0.772. The van der Waals surface area contributed by atoms with Crippen molar-refractivity contribution in [2.45, 2.75) is 26.9 Å². The number of ketones is 1. The molecule has 3 nitrogen and oxygen atoms in total. The van der Waals surface area contributed by atoms with Crippen LogP contribution in [0.3, 0.4) is 0 Å². The number of benzene rings is 1. The first-order valence-electron chi connectivity index (χ1n) is 5.87. The predicted molar refractivity (Wildman–Crippen MR) is 72.2 cm³/mol. The van der Waals surface area contributed by atoms with Crippen LogP contribution in [0.25, 0.3) is 0 Å². The van der Waals surface area contributed by atoms with Gasteiger partial charge in [-0.15, -0.1) is 11.3 Å². The van der Waals surface area contributed by atoms with E-state index in [2.05, 4.69) is 4.98 Å². The highest BCUT2D eigenvalue weighted by molar-refractivity contribution is 7.11. The van der Waals surface area contributed by atoms with E-state index in [0.717, 1.165) is 9.88 Å². The Morgan fingerprint density at radius 1 is 1.39 bits per heavy atom. The molecular formula is C14H15NO2S. The number of nitrogens with zero attached hydrogens (tertiary/aromatic N) is 1. The van der Waals surface area contributed by atoms with Gasteiger partial charge >= 0.3 is 0 Å². The van der Waals surface area contributed by atoms with Gasteiger partial charge in [-0.1, -0.05) is 19.1 Å². The zero-order valence-electron chi connectivity index (χ0n) is 10.5. The van der Waals surface area contributed by atoms with Crippen molar-refractivity contribution in [2.24, 2.45) is 0 Å². The highest BCUT2D eigenvalue weighted by Crippen LogP contribution is 2.22. The van der Waals surface area contributed by atoms with Gasteiger partial charge in [0.2, 0.25) is 0 Å². The van der Waals surface area contributed by atoms with E-state index in [-0.39, 0.29) is 5.78 Å². The first-order chi connectivity index (χ1) is 8.70. The molecule has 1 heterocycles. The van der Waals surface area contributed by atoms with Crippen molar-refractivity contribution < 1.29 is 9.53 Å². The van der Waals surface area contributed by atoms with Gasteiger partial charge in [0.1, 0.15) is 12.4 Å². The molecule has 0 aliphatic carbocycles. The van der Waals surface area contributed by atoms with Crippen molar-refractivity contribution in [1.82, 2.24) is 4.98 Å². The molecule has 4 heteroatoms. The second kappa shape index (κ2) is 5.78. The van der Waals surface area contributed by atoms with Crippen LogP contribution < -0.4 is 4.74 Å². The average molecular weight is 261 g/mol. The Morgan fingerprint density at radius 3 is 2.83 bits per heavy atom. The number of aromatic nitrogens is 1. The average Bonchev–Trinajstić information content (AvgIpc) is 2.81. The van der Waals surface area contributed by atoms with Crippen LogP contribution in [0, 0.1) is 6.92 Å². The lowest BCUT2D eigenvalue weighted by atomic mass is 10.1. The summed E-state index contributed by atoms with van der Waals surface area (Å²) >= 11 is 1.61. The molecule has 18 heavy (non-hydrogen) atoms. The summed E-state index contributed by atoms with van der Waals surface area (Å²) in [6.07, 6.45) is 2.30. The van der Waals surface area contributed by atoms with Gasteiger partial charge in [-0.05, 0) is 19.1 Å². The lowest BCUT2D eigenvalue weighted by molar-refractivity contribution is 0.0984. The van der Waals surface area contributed by atoms with E-state index in [1.807, 2.05) is 38.2 Å². The van der Waals surface area contributed by atoms with Gasteiger partial charge in [0.25, 0.3) is 0 Å². The summed E-state index contributed by atoms with van der Waals surface area (Å²) in [6.45, 7) is 4.27. The van der Waals surface area contributed by atoms with Crippen LogP contribution >= 0.6 is 11.3 Å². The summed E-state index contributed by atoms with van der Waals surface area (Å²) in [6, 6.07) is 7.36. The molecule has 0 aliphatic rings. The van der Waals surface area contributed by atoms with Gasteiger partial charge in [-0.2, -0.15) is 0 Å². The van der Waals surface area contributed by atoms with E-state index >= 15 is 0 Å². The van der Waals surface area contributed by atoms with Gasteiger partial charge in [0, 0.05) is 12.6 Å². The van der Waals surface area contributed by atoms with E-state index in [1.54, 1.807) is 17.4 Å². The lowest BCUT2D eigenvalue weighted by Gasteiger charge is -2.08. The third-order valence-corrected chi connectivity index (χ3v) is 3.43. The van der Waals surface area contributed by atoms with Crippen molar-refractivity contribution in [3.8, 4) is 5.75 Å². The SMILES string of the molecule is CCC(=O)c1ccccc1OCc1cnc(C)s1. The van der Waals surface area contributed by atoms with Crippen LogP contribution in [-0.2, 0) is 6.61 Å². The number of hydrogen-bond acceptors (Lipinski definition) is 4. The molecule has 0 atom stereocenters. The smallest absolute Gasteiger partial charge is 0.166 e. The third-order valence-electron chi connectivity index (χ3n) is 2.55. The van der Waals surface area contributed by atoms with Crippen molar-refractivity contribution in [1.29, 1.82) is 0 Å². The van der Waals surface area contributed by atoms with E-state index in [1.165, 1.54) is 0 Å². The number of ether oxygens (including phenoxy) is 1. The Labute approximate surface area is 110 Å². The summed E-state index contributed by atoms with van der Waals surface area (Å²) < 4.78 is 5.71. The van der Waals surface area contributed by atoms with Crippen molar-refractivity contribution in [3.05, 3.63) is 45.9 Å². The minimum atomic E-state index is 0.103. The summed E-state index contributed by atoms with van der Waals surface area (Å²) in [7, 11) is 0. The number of carbonyl (C=O) groups is 1. The minimum Gasteiger partial charge on any atom is -0.487 e. The van der Waals surface area contributed by atoms with E-state index in [4.69, 9.17) is 4.74 Å². The molecule has 2 rings (SSSR count). The maximum absolute atomic E-state index is 11.8. The van der Waals surface area contributed by atoms with Crippen molar-refractivity contribution in [3.63, 3.8) is 0 Å². The van der Waals surface area contributed by atoms with Crippen molar-refractivity contribution >= 4 is 17.1 Å². The molecular weight excluding hydrogens is 246 g/mol. The third kappa shape index (κ3) is 2.96. The first-order valence-corrected chi connectivity index (χ1v) is 6.68. The molecule has 0 fully saturated rings. The summed E-state index contributed by atoms with van der Waals surface area (Å²) in [5, 5.41) is 1.02. The zero-order valence-corrected chi connectivity index (χ0v) is 11.3. The topological polar surface area (TPSA) is 39.2 Å². The maximum Gasteiger partial charge on any atom is 0.166 e. The molecule has 0 unspecified atom stereocenters. The monoisotopic (exact) mass is 261 g/mol. The highest BCUT2D eigenvalue weighted by atomic mass is 32.1. The number of para-hydroxylation sites is 1. The van der Waals surface area contributed by atoms with Gasteiger partial charge in [0.05, 0.1) is 15.4 Å². The fraction of sp³-hybridized carbons (Fsp3) is 0.286. The Hall–Kier alpha value is -1.68. The fourth-order valence-corrected chi connectivity index (χ4v) is 2.34. The number of rotatable bonds is 5. The number of hydrogen-bond donors (Lipinski definition) is 0. The predicted octanol–water partition coefficient (Wildman–Crippen LogP) is 3.62. The number of thiazole rings is 1. The maximum atomic E-state index is 11.8. The molecule has 0 saturated heterocycles. The second-order valence-corrected chi connectivity index (χ2v) is 5.23. The standard InChI is InChI=1S/C14H15NO2S/c1-3-13(16)12-6-4-5-7-14(12)17-9-11-8-15-10(2)18-11/h4-8H,3,9H2,1-2H3. The molecule has 1 aromatic heterocycles. The lowest BCUT2D eigenvalue weighted by Crippen LogP contribution is -2.02. The van der Waals surface area contributed by atoms with Crippen LogP contribution in [0.4, 0.5) is 0 Å².